The van der Waals surface area contributed by atoms with Gasteiger partial charge in [-0.25, -0.2) is 0 Å². The molecule has 1 aromatic carbocycles. The van der Waals surface area contributed by atoms with Gasteiger partial charge in [-0.3, -0.25) is 9.59 Å². The average Bonchev–Trinajstić information content (AvgIpc) is 2.34. The number of amides is 2. The summed E-state index contributed by atoms with van der Waals surface area (Å²) in [6.45, 7) is 10.1. The quantitative estimate of drug-likeness (QED) is 0.918. The van der Waals surface area contributed by atoms with Crippen molar-refractivity contribution in [2.24, 2.45) is 5.41 Å². The number of nitrogens with one attached hydrogen (secondary N) is 1. The van der Waals surface area contributed by atoms with Crippen LogP contribution in [0.1, 0.15) is 33.3 Å². The van der Waals surface area contributed by atoms with Crippen LogP contribution in [0.3, 0.4) is 0 Å². The molecule has 0 radical (unpaired) electrons. The minimum Gasteiger partial charge on any atom is -0.354 e. The molecule has 0 aliphatic carbocycles. The summed E-state index contributed by atoms with van der Waals surface area (Å²) in [5, 5.41) is 2.86. The first-order valence-corrected chi connectivity index (χ1v) is 6.85. The van der Waals surface area contributed by atoms with E-state index in [0.717, 1.165) is 11.3 Å². The van der Waals surface area contributed by atoms with E-state index in [2.05, 4.69) is 5.32 Å². The van der Waals surface area contributed by atoms with E-state index >= 15 is 0 Å². The summed E-state index contributed by atoms with van der Waals surface area (Å²) in [7, 11) is 0. The first-order valence-electron chi connectivity index (χ1n) is 6.85. The van der Waals surface area contributed by atoms with Crippen molar-refractivity contribution in [3.8, 4) is 0 Å². The van der Waals surface area contributed by atoms with Crippen molar-refractivity contribution < 1.29 is 9.59 Å². The van der Waals surface area contributed by atoms with Crippen LogP contribution in [0, 0.1) is 12.3 Å². The van der Waals surface area contributed by atoms with Gasteiger partial charge in [-0.05, 0) is 19.1 Å². The molecule has 0 aliphatic heterocycles. The highest BCUT2D eigenvalue weighted by Gasteiger charge is 2.21. The number of carbonyl (C=O) groups is 2. The predicted molar refractivity (Wildman–Crippen MR) is 81.7 cm³/mol. The molecule has 0 aliphatic rings. The van der Waals surface area contributed by atoms with E-state index in [1.165, 1.54) is 6.92 Å². The first-order chi connectivity index (χ1) is 9.21. The van der Waals surface area contributed by atoms with Crippen molar-refractivity contribution in [3.05, 3.63) is 29.8 Å². The van der Waals surface area contributed by atoms with Crippen LogP contribution in [0.25, 0.3) is 0 Å². The molecule has 0 saturated heterocycles. The highest BCUT2D eigenvalue weighted by molar-refractivity contribution is 5.91. The third-order valence-corrected chi connectivity index (χ3v) is 3.03. The fourth-order valence-electron chi connectivity index (χ4n) is 1.74. The van der Waals surface area contributed by atoms with Crippen molar-refractivity contribution in [3.63, 3.8) is 0 Å². The summed E-state index contributed by atoms with van der Waals surface area (Å²) < 4.78 is 0. The molecule has 0 fully saturated rings. The highest BCUT2D eigenvalue weighted by Crippen LogP contribution is 2.15. The maximum atomic E-state index is 11.8. The van der Waals surface area contributed by atoms with E-state index in [9.17, 15) is 9.59 Å². The molecule has 0 atom stereocenters. The van der Waals surface area contributed by atoms with Gasteiger partial charge in [-0.1, -0.05) is 38.5 Å². The van der Waals surface area contributed by atoms with Gasteiger partial charge >= 0.3 is 0 Å². The molecule has 0 bridgehead atoms. The van der Waals surface area contributed by atoms with Crippen LogP contribution in [0.4, 0.5) is 5.69 Å². The number of rotatable bonds is 4. The molecule has 4 heteroatoms. The SMILES string of the molecule is CC(=O)N(CCNC(=O)C(C)(C)C)c1ccc(C)cc1. The van der Waals surface area contributed by atoms with Gasteiger partial charge in [0.15, 0.2) is 0 Å². The monoisotopic (exact) mass is 276 g/mol. The minimum absolute atomic E-state index is 0.00934. The highest BCUT2D eigenvalue weighted by atomic mass is 16.2. The summed E-state index contributed by atoms with van der Waals surface area (Å²) in [4.78, 5) is 25.2. The third kappa shape index (κ3) is 4.68. The van der Waals surface area contributed by atoms with Gasteiger partial charge in [0, 0.05) is 31.1 Å². The van der Waals surface area contributed by atoms with Crippen LogP contribution in [0.15, 0.2) is 24.3 Å². The molecule has 110 valence electrons. The van der Waals surface area contributed by atoms with E-state index < -0.39 is 5.41 Å². The molecule has 1 rings (SSSR count). The molecule has 1 aromatic rings. The average molecular weight is 276 g/mol. The van der Waals surface area contributed by atoms with E-state index in [-0.39, 0.29) is 11.8 Å². The zero-order valence-electron chi connectivity index (χ0n) is 13.0. The van der Waals surface area contributed by atoms with Gasteiger partial charge in [0.2, 0.25) is 11.8 Å². The van der Waals surface area contributed by atoms with Gasteiger partial charge in [0.1, 0.15) is 0 Å². The zero-order chi connectivity index (χ0) is 15.3. The lowest BCUT2D eigenvalue weighted by Gasteiger charge is -2.23. The van der Waals surface area contributed by atoms with Crippen LogP contribution >= 0.6 is 0 Å². The minimum atomic E-state index is -0.412. The van der Waals surface area contributed by atoms with E-state index in [0.29, 0.717) is 13.1 Å². The maximum Gasteiger partial charge on any atom is 0.225 e. The van der Waals surface area contributed by atoms with Gasteiger partial charge in [-0.2, -0.15) is 0 Å². The van der Waals surface area contributed by atoms with Crippen molar-refractivity contribution in [1.82, 2.24) is 5.32 Å². The van der Waals surface area contributed by atoms with Crippen molar-refractivity contribution >= 4 is 17.5 Å². The molecular formula is C16H24N2O2. The van der Waals surface area contributed by atoms with Crippen LogP contribution in [0.5, 0.6) is 0 Å². The number of aryl methyl sites for hydroxylation is 1. The van der Waals surface area contributed by atoms with Crippen molar-refractivity contribution in [2.45, 2.75) is 34.6 Å². The van der Waals surface area contributed by atoms with Gasteiger partial charge in [-0.15, -0.1) is 0 Å². The van der Waals surface area contributed by atoms with E-state index in [1.54, 1.807) is 4.90 Å². The fourth-order valence-corrected chi connectivity index (χ4v) is 1.74. The normalized spacial score (nSPS) is 11.1. The summed E-state index contributed by atoms with van der Waals surface area (Å²) in [5.74, 6) is -0.0382. The zero-order valence-corrected chi connectivity index (χ0v) is 13.0. The Labute approximate surface area is 121 Å². The van der Waals surface area contributed by atoms with Gasteiger partial charge < -0.3 is 10.2 Å². The first kappa shape index (κ1) is 16.2. The number of anilines is 1. The number of hydrogen-bond acceptors (Lipinski definition) is 2. The standard InChI is InChI=1S/C16H24N2O2/c1-12-6-8-14(9-7-12)18(13(2)19)11-10-17-15(20)16(3,4)5/h6-9H,10-11H2,1-5H3,(H,17,20). The molecular weight excluding hydrogens is 252 g/mol. The molecule has 0 spiro atoms. The van der Waals surface area contributed by atoms with E-state index in [1.807, 2.05) is 52.0 Å². The molecule has 1 N–H and O–H groups in total. The number of nitrogens with zero attached hydrogens (tertiary/aromatic N) is 1. The lowest BCUT2D eigenvalue weighted by molar-refractivity contribution is -0.128. The Balaban J connectivity index is 2.63. The van der Waals surface area contributed by atoms with Crippen LogP contribution in [-0.2, 0) is 9.59 Å². The lowest BCUT2D eigenvalue weighted by Crippen LogP contribution is -2.41. The molecule has 4 nitrogen and oxygen atoms in total. The second-order valence-corrected chi connectivity index (χ2v) is 6.01. The molecule has 20 heavy (non-hydrogen) atoms. The van der Waals surface area contributed by atoms with Crippen molar-refractivity contribution in [2.75, 3.05) is 18.0 Å². The molecule has 0 heterocycles. The topological polar surface area (TPSA) is 49.4 Å². The Morgan fingerprint density at radius 1 is 1.15 bits per heavy atom. The molecule has 2 amide bonds. The maximum absolute atomic E-state index is 11.8. The van der Waals surface area contributed by atoms with Crippen molar-refractivity contribution in [1.29, 1.82) is 0 Å². The van der Waals surface area contributed by atoms with Gasteiger partial charge in [0.25, 0.3) is 0 Å². The van der Waals surface area contributed by atoms with E-state index in [4.69, 9.17) is 0 Å². The Hall–Kier alpha value is -1.84. The predicted octanol–water partition coefficient (Wildman–Crippen LogP) is 2.51. The Bertz CT molecular complexity index is 472. The lowest BCUT2D eigenvalue weighted by atomic mass is 9.96. The number of benzene rings is 1. The second kappa shape index (κ2) is 6.55. The molecule has 0 unspecified atom stereocenters. The summed E-state index contributed by atoms with van der Waals surface area (Å²) in [6.07, 6.45) is 0. The van der Waals surface area contributed by atoms with Crippen LogP contribution in [-0.4, -0.2) is 24.9 Å². The largest absolute Gasteiger partial charge is 0.354 e. The molecule has 0 aromatic heterocycles. The summed E-state index contributed by atoms with van der Waals surface area (Å²) in [5.41, 5.74) is 1.59. The Morgan fingerprint density at radius 2 is 1.70 bits per heavy atom. The van der Waals surface area contributed by atoms with Gasteiger partial charge in [0.05, 0.1) is 0 Å². The smallest absolute Gasteiger partial charge is 0.225 e. The number of hydrogen-bond donors (Lipinski definition) is 1. The Morgan fingerprint density at radius 3 is 2.15 bits per heavy atom. The summed E-state index contributed by atoms with van der Waals surface area (Å²) >= 11 is 0. The van der Waals surface area contributed by atoms with Crippen LogP contribution < -0.4 is 10.2 Å². The summed E-state index contributed by atoms with van der Waals surface area (Å²) in [6, 6.07) is 7.78. The third-order valence-electron chi connectivity index (χ3n) is 3.03. The second-order valence-electron chi connectivity index (χ2n) is 6.01. The Kier molecular flexibility index (Phi) is 5.31. The molecule has 0 saturated carbocycles. The fraction of sp³-hybridized carbons (Fsp3) is 0.500. The number of carbonyl (C=O) groups excluding carboxylic acids is 2. The van der Waals surface area contributed by atoms with Crippen LogP contribution in [0.2, 0.25) is 0 Å².